The van der Waals surface area contributed by atoms with Gasteiger partial charge in [-0.05, 0) is 43.4 Å². The van der Waals surface area contributed by atoms with Crippen LogP contribution in [-0.2, 0) is 28.7 Å². The molecule has 4 atom stereocenters. The molecule has 0 aromatic carbocycles. The van der Waals surface area contributed by atoms with Crippen molar-refractivity contribution in [3.8, 4) is 0 Å². The highest BCUT2D eigenvalue weighted by Crippen LogP contribution is 2.84. The Morgan fingerprint density at radius 1 is 1.00 bits per heavy atom. The van der Waals surface area contributed by atoms with Crippen LogP contribution in [0.2, 0.25) is 0 Å². The third-order valence-electron chi connectivity index (χ3n) is 10.5. The van der Waals surface area contributed by atoms with E-state index in [1.54, 1.807) is 18.7 Å². The number of ketones is 1. The van der Waals surface area contributed by atoms with Gasteiger partial charge in [-0.3, -0.25) is 24.0 Å². The van der Waals surface area contributed by atoms with E-state index in [2.05, 4.69) is 24.5 Å². The number of likely N-dealkylation sites (tertiary alicyclic amines) is 1. The van der Waals surface area contributed by atoms with Gasteiger partial charge in [-0.2, -0.15) is 0 Å². The monoisotopic (exact) mass is 561 g/mol. The van der Waals surface area contributed by atoms with Crippen LogP contribution in [0.1, 0.15) is 80.6 Å². The first-order chi connectivity index (χ1) is 18.3. The summed E-state index contributed by atoms with van der Waals surface area (Å²) >= 11 is 0. The van der Waals surface area contributed by atoms with E-state index in [-0.39, 0.29) is 28.1 Å². The van der Waals surface area contributed by atoms with Gasteiger partial charge in [0.15, 0.2) is 0 Å². The molecule has 4 fully saturated rings. The number of carbonyl (C=O) groups is 5. The minimum atomic E-state index is -1.21. The van der Waals surface area contributed by atoms with Crippen LogP contribution in [0.15, 0.2) is 0 Å². The predicted octanol–water partition coefficient (Wildman–Crippen LogP) is 0.628. The minimum Gasteiger partial charge on any atom is -0.380 e. The Morgan fingerprint density at radius 3 is 2.00 bits per heavy atom. The van der Waals surface area contributed by atoms with E-state index in [1.165, 1.54) is 0 Å². The largest absolute Gasteiger partial charge is 0.380 e. The lowest BCUT2D eigenvalue weighted by atomic mass is 9.80. The van der Waals surface area contributed by atoms with Crippen molar-refractivity contribution in [1.29, 1.82) is 0 Å². The van der Waals surface area contributed by atoms with Crippen molar-refractivity contribution >= 4 is 29.4 Å². The molecule has 224 valence electrons. The van der Waals surface area contributed by atoms with Gasteiger partial charge in [0.2, 0.25) is 23.5 Å². The van der Waals surface area contributed by atoms with E-state index in [0.717, 1.165) is 19.3 Å². The van der Waals surface area contributed by atoms with Crippen LogP contribution in [-0.4, -0.2) is 77.7 Å². The molecule has 1 unspecified atom stereocenters. The normalized spacial score (nSPS) is 28.3. The molecule has 11 nitrogen and oxygen atoms in total. The minimum absolute atomic E-state index is 0.151. The highest BCUT2D eigenvalue weighted by atomic mass is 16.5. The highest BCUT2D eigenvalue weighted by Gasteiger charge is 2.86. The second-order valence-electron chi connectivity index (χ2n) is 14.8. The maximum Gasteiger partial charge on any atom is 0.287 e. The molecule has 0 aromatic rings. The van der Waals surface area contributed by atoms with Crippen LogP contribution in [0.4, 0.5) is 0 Å². The zero-order valence-electron chi connectivity index (χ0n) is 25.0. The lowest BCUT2D eigenvalue weighted by Crippen LogP contribution is -2.62. The van der Waals surface area contributed by atoms with Gasteiger partial charge >= 0.3 is 0 Å². The summed E-state index contributed by atoms with van der Waals surface area (Å²) in [6, 6.07) is -2.86. The number of nitrogens with two attached hydrogens (primary N) is 2. The quantitative estimate of drug-likeness (QED) is 0.299. The fourth-order valence-electron chi connectivity index (χ4n) is 7.24. The third-order valence-corrected chi connectivity index (χ3v) is 10.5. The molecule has 6 N–H and O–H groups in total. The standard InChI is InChI=1S/C29H47N5O6/c1-25(2,3)20(33-24(39)26(4,5)31)23(38)34-13-28(27(6,7)29(28)14-40-15-29)12-18(34)22(37)32-17(19(35)21(30)36)11-16-9-8-10-16/h16-18,20H,8-15,31H2,1-7H3,(H2,30,36)(H,32,37)(H,33,39)/t17?,18-,20+,28+/m0/s1. The molecule has 2 aliphatic heterocycles. The van der Waals surface area contributed by atoms with Gasteiger partial charge in [0.1, 0.15) is 12.1 Å². The Hall–Kier alpha value is -2.53. The number of hydrogen-bond acceptors (Lipinski definition) is 7. The average Bonchev–Trinajstić information content (AvgIpc) is 3.02. The van der Waals surface area contributed by atoms with Gasteiger partial charge in [-0.25, -0.2) is 0 Å². The van der Waals surface area contributed by atoms with E-state index < -0.39 is 52.6 Å². The number of primary amides is 1. The fourth-order valence-corrected chi connectivity index (χ4v) is 7.24. The maximum absolute atomic E-state index is 14.3. The number of nitrogens with one attached hydrogen (secondary N) is 2. The molecule has 0 aromatic heterocycles. The zero-order chi connectivity index (χ0) is 30.1. The van der Waals surface area contributed by atoms with Gasteiger partial charge in [0, 0.05) is 17.4 Å². The number of fused-ring (bicyclic) bond motifs is 1. The molecule has 2 saturated carbocycles. The molecule has 2 aliphatic carbocycles. The van der Waals surface area contributed by atoms with Crippen LogP contribution in [0.5, 0.6) is 0 Å². The Morgan fingerprint density at radius 2 is 1.60 bits per heavy atom. The van der Waals surface area contributed by atoms with Crippen LogP contribution >= 0.6 is 0 Å². The smallest absolute Gasteiger partial charge is 0.287 e. The van der Waals surface area contributed by atoms with Gasteiger partial charge < -0.3 is 31.7 Å². The lowest BCUT2D eigenvalue weighted by Gasteiger charge is -2.37. The summed E-state index contributed by atoms with van der Waals surface area (Å²) in [7, 11) is 0. The Balaban J connectivity index is 1.65. The third kappa shape index (κ3) is 4.72. The number of rotatable bonds is 9. The van der Waals surface area contributed by atoms with E-state index in [9.17, 15) is 24.0 Å². The Bertz CT molecular complexity index is 1100. The van der Waals surface area contributed by atoms with Crippen LogP contribution in [0.25, 0.3) is 0 Å². The summed E-state index contributed by atoms with van der Waals surface area (Å²) in [5, 5.41) is 5.64. The summed E-state index contributed by atoms with van der Waals surface area (Å²) < 4.78 is 5.62. The van der Waals surface area contributed by atoms with Crippen molar-refractivity contribution in [1.82, 2.24) is 15.5 Å². The summed E-state index contributed by atoms with van der Waals surface area (Å²) in [4.78, 5) is 67.2. The first-order valence-electron chi connectivity index (χ1n) is 14.4. The molecule has 40 heavy (non-hydrogen) atoms. The number of carbonyl (C=O) groups excluding carboxylic acids is 5. The van der Waals surface area contributed by atoms with E-state index in [4.69, 9.17) is 16.2 Å². The number of ether oxygens (including phenoxy) is 1. The molecule has 2 spiro atoms. The topological polar surface area (TPSA) is 174 Å². The Kier molecular flexibility index (Phi) is 7.45. The SMILES string of the molecule is CC(C)(N)C(=O)N[C@H](C(=O)N1C[C@]2(C[C@H]1C(=O)NC(CC1CCC1)C(=O)C(N)=O)C(C)(C)C21COC1)C(C)(C)C. The molecule has 4 amide bonds. The van der Waals surface area contributed by atoms with Crippen molar-refractivity contribution in [3.63, 3.8) is 0 Å². The van der Waals surface area contributed by atoms with Crippen molar-refractivity contribution in [2.45, 2.75) is 104 Å². The second kappa shape index (κ2) is 9.79. The number of Topliss-reactive ketones (excluding diaryl/α,β-unsaturated/α-hetero) is 1. The first kappa shape index (κ1) is 30.4. The Labute approximate surface area is 236 Å². The zero-order valence-corrected chi connectivity index (χ0v) is 25.0. The van der Waals surface area contributed by atoms with E-state index in [1.807, 2.05) is 20.8 Å². The number of hydrogen-bond donors (Lipinski definition) is 4. The van der Waals surface area contributed by atoms with Crippen molar-refractivity contribution in [3.05, 3.63) is 0 Å². The van der Waals surface area contributed by atoms with Crippen molar-refractivity contribution in [2.75, 3.05) is 19.8 Å². The molecule has 0 bridgehead atoms. The lowest BCUT2D eigenvalue weighted by molar-refractivity contribution is -0.145. The number of nitrogens with zero attached hydrogens (tertiary/aromatic N) is 1. The van der Waals surface area contributed by atoms with Gasteiger partial charge in [-0.1, -0.05) is 53.9 Å². The molecule has 0 radical (unpaired) electrons. The summed E-state index contributed by atoms with van der Waals surface area (Å²) in [6.07, 6.45) is 3.64. The van der Waals surface area contributed by atoms with Gasteiger partial charge in [0.05, 0.1) is 24.8 Å². The maximum atomic E-state index is 14.3. The van der Waals surface area contributed by atoms with Gasteiger partial charge in [0.25, 0.3) is 5.91 Å². The van der Waals surface area contributed by atoms with Crippen LogP contribution in [0, 0.1) is 27.6 Å². The molecule has 2 heterocycles. The first-order valence-corrected chi connectivity index (χ1v) is 14.4. The van der Waals surface area contributed by atoms with Crippen molar-refractivity contribution in [2.24, 2.45) is 39.0 Å². The molecular weight excluding hydrogens is 514 g/mol. The van der Waals surface area contributed by atoms with Gasteiger partial charge in [-0.15, -0.1) is 0 Å². The van der Waals surface area contributed by atoms with Crippen LogP contribution < -0.4 is 22.1 Å². The number of amides is 4. The molecule has 2 saturated heterocycles. The average molecular weight is 562 g/mol. The molecular formula is C29H47N5O6. The van der Waals surface area contributed by atoms with E-state index in [0.29, 0.717) is 32.6 Å². The predicted molar refractivity (Wildman–Crippen MR) is 147 cm³/mol. The molecule has 4 rings (SSSR count). The molecule has 11 heteroatoms. The second-order valence-corrected chi connectivity index (χ2v) is 14.8. The van der Waals surface area contributed by atoms with E-state index >= 15 is 0 Å². The highest BCUT2D eigenvalue weighted by molar-refractivity contribution is 6.37. The fraction of sp³-hybridized carbons (Fsp3) is 0.828. The summed E-state index contributed by atoms with van der Waals surface area (Å²) in [5.74, 6) is -3.02. The summed E-state index contributed by atoms with van der Waals surface area (Å²) in [6.45, 7) is 14.4. The van der Waals surface area contributed by atoms with Crippen molar-refractivity contribution < 1.29 is 28.7 Å². The molecule has 4 aliphatic rings. The van der Waals surface area contributed by atoms with Crippen LogP contribution in [0.3, 0.4) is 0 Å². The summed E-state index contributed by atoms with van der Waals surface area (Å²) in [5.41, 5.74) is 8.78.